The van der Waals surface area contributed by atoms with Gasteiger partial charge < -0.3 is 5.32 Å². The van der Waals surface area contributed by atoms with Crippen LogP contribution in [0, 0.1) is 20.8 Å². The molecule has 0 aliphatic carbocycles. The Kier molecular flexibility index (Phi) is 3.68. The molecule has 0 saturated carbocycles. The van der Waals surface area contributed by atoms with Gasteiger partial charge in [0.05, 0.1) is 5.69 Å². The first-order valence-corrected chi connectivity index (χ1v) is 6.37. The number of aryl methyl sites for hydroxylation is 1. The van der Waals surface area contributed by atoms with E-state index >= 15 is 0 Å². The third kappa shape index (κ3) is 2.54. The molecule has 5 heteroatoms. The number of nitrogens with one attached hydrogen (secondary N) is 1. The number of hydrogen-bond acceptors (Lipinski definition) is 2. The van der Waals surface area contributed by atoms with Crippen molar-refractivity contribution >= 4 is 34.6 Å². The van der Waals surface area contributed by atoms with Crippen molar-refractivity contribution in [2.45, 2.75) is 20.8 Å². The highest BCUT2D eigenvalue weighted by Crippen LogP contribution is 2.15. The van der Waals surface area contributed by atoms with E-state index in [4.69, 9.17) is 23.8 Å². The molecular formula is C13H14ClN3S. The molecule has 94 valence electrons. The van der Waals surface area contributed by atoms with Crippen molar-refractivity contribution in [1.29, 1.82) is 0 Å². The van der Waals surface area contributed by atoms with Gasteiger partial charge in [-0.2, -0.15) is 5.10 Å². The van der Waals surface area contributed by atoms with Crippen LogP contribution in [-0.2, 0) is 0 Å². The van der Waals surface area contributed by atoms with E-state index in [1.165, 1.54) is 0 Å². The van der Waals surface area contributed by atoms with Crippen LogP contribution in [0.1, 0.15) is 17.0 Å². The lowest BCUT2D eigenvalue weighted by molar-refractivity contribution is 0.891. The molecule has 1 aromatic carbocycles. The lowest BCUT2D eigenvalue weighted by atomic mass is 10.2. The van der Waals surface area contributed by atoms with Crippen molar-refractivity contribution < 1.29 is 0 Å². The van der Waals surface area contributed by atoms with Gasteiger partial charge in [-0.15, -0.1) is 0 Å². The van der Waals surface area contributed by atoms with Gasteiger partial charge in [-0.3, -0.25) is 0 Å². The smallest absolute Gasteiger partial charge is 0.198 e. The third-order valence-corrected chi connectivity index (χ3v) is 3.47. The van der Waals surface area contributed by atoms with Crippen LogP contribution in [0.3, 0.4) is 0 Å². The predicted molar refractivity (Wildman–Crippen MR) is 79.5 cm³/mol. The molecule has 18 heavy (non-hydrogen) atoms. The number of aromatic nitrogens is 2. The number of nitrogens with zero attached hydrogens (tertiary/aromatic N) is 2. The van der Waals surface area contributed by atoms with Crippen LogP contribution in [0.15, 0.2) is 24.3 Å². The number of rotatable bonds is 1. The average molecular weight is 280 g/mol. The number of anilines is 1. The van der Waals surface area contributed by atoms with Crippen molar-refractivity contribution in [2.75, 3.05) is 5.32 Å². The van der Waals surface area contributed by atoms with Gasteiger partial charge in [0.1, 0.15) is 0 Å². The largest absolute Gasteiger partial charge is 0.331 e. The maximum absolute atomic E-state index is 5.84. The molecule has 0 spiro atoms. The first-order valence-electron chi connectivity index (χ1n) is 5.59. The highest BCUT2D eigenvalue weighted by Gasteiger charge is 2.10. The number of hydrogen-bond donors (Lipinski definition) is 1. The van der Waals surface area contributed by atoms with Gasteiger partial charge in [0.25, 0.3) is 0 Å². The number of benzene rings is 1. The zero-order valence-corrected chi connectivity index (χ0v) is 12.1. The maximum Gasteiger partial charge on any atom is 0.198 e. The molecule has 0 saturated heterocycles. The summed E-state index contributed by atoms with van der Waals surface area (Å²) >= 11 is 11.2. The Balaban J connectivity index is 2.22. The third-order valence-electron chi connectivity index (χ3n) is 2.94. The molecule has 0 amide bonds. The second-order valence-corrected chi connectivity index (χ2v) is 4.97. The molecule has 0 atom stereocenters. The zero-order chi connectivity index (χ0) is 13.3. The first kappa shape index (κ1) is 13.1. The van der Waals surface area contributed by atoms with Crippen molar-refractivity contribution in [3.63, 3.8) is 0 Å². The minimum atomic E-state index is 0.561. The highest BCUT2D eigenvalue weighted by atomic mass is 35.5. The molecule has 0 aliphatic heterocycles. The fraction of sp³-hybridized carbons (Fsp3) is 0.231. The molecule has 2 aromatic rings. The highest BCUT2D eigenvalue weighted by molar-refractivity contribution is 7.80. The summed E-state index contributed by atoms with van der Waals surface area (Å²) in [5.74, 6) is 0. The Hall–Kier alpha value is -1.39. The van der Waals surface area contributed by atoms with E-state index in [1.807, 2.05) is 45.0 Å². The molecule has 1 heterocycles. The number of thiocarbonyl (C=S) groups is 1. The Morgan fingerprint density at radius 3 is 2.33 bits per heavy atom. The topological polar surface area (TPSA) is 29.9 Å². The summed E-state index contributed by atoms with van der Waals surface area (Å²) in [7, 11) is 0. The average Bonchev–Trinajstić information content (AvgIpc) is 2.60. The molecule has 3 nitrogen and oxygen atoms in total. The van der Waals surface area contributed by atoms with Crippen LogP contribution < -0.4 is 5.32 Å². The molecule has 1 aromatic heterocycles. The predicted octanol–water partition coefficient (Wildman–Crippen LogP) is 3.71. The van der Waals surface area contributed by atoms with Crippen LogP contribution in [0.25, 0.3) is 0 Å². The Morgan fingerprint density at radius 2 is 1.83 bits per heavy atom. The van der Waals surface area contributed by atoms with Crippen molar-refractivity contribution in [3.8, 4) is 0 Å². The normalized spacial score (nSPS) is 10.4. The van der Waals surface area contributed by atoms with Crippen LogP contribution in [0.2, 0.25) is 5.02 Å². The monoisotopic (exact) mass is 279 g/mol. The van der Waals surface area contributed by atoms with Crippen LogP contribution in [-0.4, -0.2) is 14.9 Å². The van der Waals surface area contributed by atoms with E-state index in [9.17, 15) is 0 Å². The maximum atomic E-state index is 5.84. The van der Waals surface area contributed by atoms with E-state index in [1.54, 1.807) is 4.68 Å². The fourth-order valence-corrected chi connectivity index (χ4v) is 2.05. The van der Waals surface area contributed by atoms with Crippen molar-refractivity contribution in [1.82, 2.24) is 9.78 Å². The minimum Gasteiger partial charge on any atom is -0.331 e. The van der Waals surface area contributed by atoms with E-state index in [2.05, 4.69) is 10.4 Å². The van der Waals surface area contributed by atoms with E-state index in [-0.39, 0.29) is 0 Å². The lowest BCUT2D eigenvalue weighted by Gasteiger charge is -2.09. The molecule has 1 N–H and O–H groups in total. The summed E-state index contributed by atoms with van der Waals surface area (Å²) in [5, 5.41) is 8.81. The summed E-state index contributed by atoms with van der Waals surface area (Å²) in [4.78, 5) is 0. The first-order chi connectivity index (χ1) is 8.49. The van der Waals surface area contributed by atoms with Crippen molar-refractivity contribution in [3.05, 3.63) is 46.2 Å². The van der Waals surface area contributed by atoms with E-state index < -0.39 is 0 Å². The van der Waals surface area contributed by atoms with Gasteiger partial charge in [0.2, 0.25) is 0 Å². The second kappa shape index (κ2) is 5.08. The molecule has 0 aliphatic rings. The van der Waals surface area contributed by atoms with E-state index in [0.717, 1.165) is 22.6 Å². The van der Waals surface area contributed by atoms with Gasteiger partial charge in [-0.25, -0.2) is 4.68 Å². The van der Waals surface area contributed by atoms with Crippen LogP contribution >= 0.6 is 23.8 Å². The van der Waals surface area contributed by atoms with Gasteiger partial charge >= 0.3 is 0 Å². The fourth-order valence-electron chi connectivity index (χ4n) is 1.63. The Bertz CT molecular complexity index is 587. The van der Waals surface area contributed by atoms with Gasteiger partial charge in [-0.05, 0) is 62.8 Å². The Labute approximate surface area is 117 Å². The summed E-state index contributed by atoms with van der Waals surface area (Å²) in [6.45, 7) is 6.02. The number of halogens is 1. The lowest BCUT2D eigenvalue weighted by Crippen LogP contribution is -2.21. The van der Waals surface area contributed by atoms with Gasteiger partial charge in [0, 0.05) is 16.4 Å². The second-order valence-electron chi connectivity index (χ2n) is 4.14. The summed E-state index contributed by atoms with van der Waals surface area (Å²) in [6, 6.07) is 7.40. The van der Waals surface area contributed by atoms with Gasteiger partial charge in [-0.1, -0.05) is 11.6 Å². The molecular weight excluding hydrogens is 266 g/mol. The van der Waals surface area contributed by atoms with Crippen LogP contribution in [0.4, 0.5) is 5.69 Å². The SMILES string of the molecule is Cc1nn(C(=S)Nc2ccc(Cl)cc2)c(C)c1C. The van der Waals surface area contributed by atoms with E-state index in [0.29, 0.717) is 10.1 Å². The molecule has 0 fully saturated rings. The summed E-state index contributed by atoms with van der Waals surface area (Å²) in [5.41, 5.74) is 4.11. The molecule has 2 rings (SSSR count). The summed E-state index contributed by atoms with van der Waals surface area (Å²) in [6.07, 6.45) is 0. The van der Waals surface area contributed by atoms with Crippen LogP contribution in [0.5, 0.6) is 0 Å². The zero-order valence-electron chi connectivity index (χ0n) is 10.5. The molecule has 0 unspecified atom stereocenters. The molecule has 0 radical (unpaired) electrons. The van der Waals surface area contributed by atoms with Crippen molar-refractivity contribution in [2.24, 2.45) is 0 Å². The quantitative estimate of drug-likeness (QED) is 0.807. The molecule has 0 bridgehead atoms. The minimum absolute atomic E-state index is 0.561. The summed E-state index contributed by atoms with van der Waals surface area (Å²) < 4.78 is 1.74. The van der Waals surface area contributed by atoms with Gasteiger partial charge in [0.15, 0.2) is 5.11 Å². The standard InChI is InChI=1S/C13H14ClN3S/c1-8-9(2)16-17(10(8)3)13(18)15-12-6-4-11(14)5-7-12/h4-7H,1-3H3,(H,15,18). The Morgan fingerprint density at radius 1 is 1.22 bits per heavy atom.